The van der Waals surface area contributed by atoms with Crippen LogP contribution in [-0.4, -0.2) is 4.57 Å². The van der Waals surface area contributed by atoms with Crippen LogP contribution in [0.25, 0.3) is 0 Å². The summed E-state index contributed by atoms with van der Waals surface area (Å²) in [5.41, 5.74) is 3.14. The quantitative estimate of drug-likeness (QED) is 0.725. The van der Waals surface area contributed by atoms with Crippen LogP contribution in [0.4, 0.5) is 0 Å². The van der Waals surface area contributed by atoms with E-state index in [9.17, 15) is 0 Å². The molecule has 0 saturated carbocycles. The number of nitriles is 1. The molecular formula is C13H12N2. The van der Waals surface area contributed by atoms with Crippen molar-refractivity contribution in [3.05, 3.63) is 59.4 Å². The van der Waals surface area contributed by atoms with Gasteiger partial charge in [-0.1, -0.05) is 30.3 Å². The van der Waals surface area contributed by atoms with Crippen molar-refractivity contribution < 1.29 is 0 Å². The Morgan fingerprint density at radius 3 is 2.47 bits per heavy atom. The van der Waals surface area contributed by atoms with Gasteiger partial charge in [0, 0.05) is 19.2 Å². The number of hydrogen-bond donors (Lipinski definition) is 0. The van der Waals surface area contributed by atoms with E-state index in [1.165, 1.54) is 5.56 Å². The van der Waals surface area contributed by atoms with E-state index in [2.05, 4.69) is 18.2 Å². The van der Waals surface area contributed by atoms with Gasteiger partial charge in [-0.2, -0.15) is 5.26 Å². The molecule has 15 heavy (non-hydrogen) atoms. The van der Waals surface area contributed by atoms with Crippen molar-refractivity contribution in [1.82, 2.24) is 4.57 Å². The average molecular weight is 196 g/mol. The van der Waals surface area contributed by atoms with E-state index >= 15 is 0 Å². The SMILES string of the molecule is Cn1c(C#N)ccc1Cc1ccccc1. The van der Waals surface area contributed by atoms with Crippen LogP contribution in [0.5, 0.6) is 0 Å². The number of benzene rings is 1. The molecule has 0 aliphatic rings. The third-order valence-corrected chi connectivity index (χ3v) is 2.57. The second-order valence-electron chi connectivity index (χ2n) is 3.54. The second kappa shape index (κ2) is 4.02. The Kier molecular flexibility index (Phi) is 2.55. The van der Waals surface area contributed by atoms with Gasteiger partial charge in [0.1, 0.15) is 11.8 Å². The lowest BCUT2D eigenvalue weighted by molar-refractivity contribution is 0.837. The lowest BCUT2D eigenvalue weighted by Crippen LogP contribution is -1.99. The van der Waals surface area contributed by atoms with Gasteiger partial charge < -0.3 is 4.57 Å². The molecule has 0 aliphatic heterocycles. The topological polar surface area (TPSA) is 28.7 Å². The lowest BCUT2D eigenvalue weighted by Gasteiger charge is -2.03. The molecule has 1 aromatic carbocycles. The Morgan fingerprint density at radius 1 is 1.13 bits per heavy atom. The third kappa shape index (κ3) is 1.92. The Morgan fingerprint density at radius 2 is 1.87 bits per heavy atom. The summed E-state index contributed by atoms with van der Waals surface area (Å²) in [5, 5.41) is 8.83. The number of nitrogens with zero attached hydrogens (tertiary/aromatic N) is 2. The van der Waals surface area contributed by atoms with Gasteiger partial charge in [-0.15, -0.1) is 0 Å². The molecule has 2 heteroatoms. The largest absolute Gasteiger partial charge is 0.339 e. The van der Waals surface area contributed by atoms with Gasteiger partial charge in [0.25, 0.3) is 0 Å². The summed E-state index contributed by atoms with van der Waals surface area (Å²) in [7, 11) is 1.93. The van der Waals surface area contributed by atoms with Crippen LogP contribution >= 0.6 is 0 Å². The van der Waals surface area contributed by atoms with Gasteiger partial charge in [-0.05, 0) is 17.7 Å². The molecule has 0 amide bonds. The van der Waals surface area contributed by atoms with Gasteiger partial charge in [-0.3, -0.25) is 0 Å². The van der Waals surface area contributed by atoms with Crippen molar-refractivity contribution in [2.75, 3.05) is 0 Å². The van der Waals surface area contributed by atoms with Crippen LogP contribution in [0.3, 0.4) is 0 Å². The highest BCUT2D eigenvalue weighted by Crippen LogP contribution is 2.11. The fraction of sp³-hybridized carbons (Fsp3) is 0.154. The monoisotopic (exact) mass is 196 g/mol. The zero-order valence-corrected chi connectivity index (χ0v) is 8.64. The van der Waals surface area contributed by atoms with Crippen molar-refractivity contribution in [2.45, 2.75) is 6.42 Å². The van der Waals surface area contributed by atoms with Gasteiger partial charge >= 0.3 is 0 Å². The van der Waals surface area contributed by atoms with E-state index in [1.54, 1.807) is 0 Å². The van der Waals surface area contributed by atoms with Crippen molar-refractivity contribution in [3.63, 3.8) is 0 Å². The smallest absolute Gasteiger partial charge is 0.120 e. The molecule has 0 aliphatic carbocycles. The predicted octanol–water partition coefficient (Wildman–Crippen LogP) is 2.49. The van der Waals surface area contributed by atoms with Crippen molar-refractivity contribution >= 4 is 0 Å². The summed E-state index contributed by atoms with van der Waals surface area (Å²) in [6, 6.07) is 16.3. The molecule has 2 aromatic rings. The van der Waals surface area contributed by atoms with Crippen molar-refractivity contribution in [2.24, 2.45) is 7.05 Å². The molecule has 0 atom stereocenters. The summed E-state index contributed by atoms with van der Waals surface area (Å²) in [4.78, 5) is 0. The summed E-state index contributed by atoms with van der Waals surface area (Å²) in [6.07, 6.45) is 0.874. The standard InChI is InChI=1S/C13H12N2/c1-15-12(7-8-13(15)10-14)9-11-5-3-2-4-6-11/h2-8H,9H2,1H3. The first kappa shape index (κ1) is 9.54. The molecule has 2 rings (SSSR count). The van der Waals surface area contributed by atoms with Gasteiger partial charge in [0.15, 0.2) is 0 Å². The minimum absolute atomic E-state index is 0.709. The fourth-order valence-corrected chi connectivity index (χ4v) is 1.65. The molecule has 0 N–H and O–H groups in total. The van der Waals surface area contributed by atoms with Crippen LogP contribution in [0.15, 0.2) is 42.5 Å². The van der Waals surface area contributed by atoms with Crippen LogP contribution in [0.2, 0.25) is 0 Å². The maximum Gasteiger partial charge on any atom is 0.120 e. The maximum atomic E-state index is 8.83. The van der Waals surface area contributed by atoms with Gasteiger partial charge in [0.05, 0.1) is 0 Å². The summed E-state index contributed by atoms with van der Waals surface area (Å²) < 4.78 is 1.94. The average Bonchev–Trinajstić information content (AvgIpc) is 2.62. The van der Waals surface area contributed by atoms with Crippen LogP contribution in [0.1, 0.15) is 17.0 Å². The predicted molar refractivity (Wildman–Crippen MR) is 59.4 cm³/mol. The molecule has 74 valence electrons. The Balaban J connectivity index is 2.26. The van der Waals surface area contributed by atoms with Crippen molar-refractivity contribution in [3.8, 4) is 6.07 Å². The van der Waals surface area contributed by atoms with E-state index < -0.39 is 0 Å². The highest BCUT2D eigenvalue weighted by atomic mass is 14.9. The lowest BCUT2D eigenvalue weighted by atomic mass is 10.1. The maximum absolute atomic E-state index is 8.83. The third-order valence-electron chi connectivity index (χ3n) is 2.57. The molecule has 0 bridgehead atoms. The Bertz CT molecular complexity index is 489. The first-order valence-corrected chi connectivity index (χ1v) is 4.90. The number of hydrogen-bond acceptors (Lipinski definition) is 1. The number of rotatable bonds is 2. The Hall–Kier alpha value is -2.01. The minimum atomic E-state index is 0.709. The van der Waals surface area contributed by atoms with Crippen LogP contribution in [0, 0.1) is 11.3 Å². The summed E-state index contributed by atoms with van der Waals surface area (Å²) in [5.74, 6) is 0. The molecule has 1 aromatic heterocycles. The molecular weight excluding hydrogens is 184 g/mol. The van der Waals surface area contributed by atoms with Crippen molar-refractivity contribution in [1.29, 1.82) is 5.26 Å². The first-order valence-electron chi connectivity index (χ1n) is 4.90. The molecule has 0 fully saturated rings. The van der Waals surface area contributed by atoms with Gasteiger partial charge in [-0.25, -0.2) is 0 Å². The highest BCUT2D eigenvalue weighted by molar-refractivity contribution is 5.30. The van der Waals surface area contributed by atoms with Gasteiger partial charge in [0.2, 0.25) is 0 Å². The zero-order valence-electron chi connectivity index (χ0n) is 8.64. The highest BCUT2D eigenvalue weighted by Gasteiger charge is 2.03. The molecule has 0 unspecified atom stereocenters. The van der Waals surface area contributed by atoms with Crippen LogP contribution in [-0.2, 0) is 13.5 Å². The normalized spacial score (nSPS) is 9.87. The van der Waals surface area contributed by atoms with E-state index in [0.717, 1.165) is 12.1 Å². The molecule has 0 saturated heterocycles. The molecule has 0 spiro atoms. The van der Waals surface area contributed by atoms with E-state index in [1.807, 2.05) is 41.9 Å². The van der Waals surface area contributed by atoms with E-state index in [4.69, 9.17) is 5.26 Å². The second-order valence-corrected chi connectivity index (χ2v) is 3.54. The van der Waals surface area contributed by atoms with E-state index in [-0.39, 0.29) is 0 Å². The molecule has 1 heterocycles. The van der Waals surface area contributed by atoms with Crippen LogP contribution < -0.4 is 0 Å². The van der Waals surface area contributed by atoms with E-state index in [0.29, 0.717) is 5.69 Å². The zero-order chi connectivity index (χ0) is 10.7. The fourth-order valence-electron chi connectivity index (χ4n) is 1.65. The summed E-state index contributed by atoms with van der Waals surface area (Å²) in [6.45, 7) is 0. The number of aromatic nitrogens is 1. The first-order chi connectivity index (χ1) is 7.31. The molecule has 0 radical (unpaired) electrons. The molecule has 2 nitrogen and oxygen atoms in total. The Labute approximate surface area is 89.4 Å². The summed E-state index contributed by atoms with van der Waals surface area (Å²) >= 11 is 0. The minimum Gasteiger partial charge on any atom is -0.339 e.